The fourth-order valence-corrected chi connectivity index (χ4v) is 9.39. The fourth-order valence-electron chi connectivity index (χ4n) is 5.54. The Balaban J connectivity index is 1.25. The second kappa shape index (κ2) is 10.3. The number of amides is 3. The molecule has 2 unspecified atom stereocenters. The smallest absolute Gasteiger partial charge is 0.308 e. The molecule has 1 N–H and O–H groups in total. The molecule has 204 valence electrons. The number of imide groups is 1. The van der Waals surface area contributed by atoms with Crippen LogP contribution in [0.1, 0.15) is 15.7 Å². The van der Waals surface area contributed by atoms with Gasteiger partial charge >= 0.3 is 4.87 Å². The molecule has 2 aliphatic heterocycles. The van der Waals surface area contributed by atoms with Crippen LogP contribution in [0.25, 0.3) is 10.8 Å². The summed E-state index contributed by atoms with van der Waals surface area (Å²) in [6.07, 6.45) is 0. The first kappa shape index (κ1) is 26.2. The van der Waals surface area contributed by atoms with E-state index in [0.29, 0.717) is 26.3 Å². The van der Waals surface area contributed by atoms with Crippen LogP contribution in [0.15, 0.2) is 94.1 Å². The van der Waals surface area contributed by atoms with Crippen LogP contribution < -0.4 is 15.1 Å². The third-order valence-electron chi connectivity index (χ3n) is 7.35. The van der Waals surface area contributed by atoms with Gasteiger partial charge < -0.3 is 5.32 Å². The maximum absolute atomic E-state index is 13.8. The molecule has 0 aliphatic carbocycles. The van der Waals surface area contributed by atoms with Crippen LogP contribution in [0.2, 0.25) is 5.02 Å². The molecule has 5 aromatic rings. The quantitative estimate of drug-likeness (QED) is 0.237. The van der Waals surface area contributed by atoms with Crippen molar-refractivity contribution in [2.24, 2.45) is 5.92 Å². The minimum Gasteiger partial charge on any atom is -0.324 e. The highest BCUT2D eigenvalue weighted by atomic mass is 35.5. The number of fused-ring (bicyclic) bond motifs is 3. The molecule has 3 amide bonds. The van der Waals surface area contributed by atoms with E-state index in [9.17, 15) is 19.2 Å². The molecule has 3 aromatic carbocycles. The topological polar surface area (TPSA) is 88.5 Å². The van der Waals surface area contributed by atoms with E-state index in [1.807, 2.05) is 60.0 Å². The molecule has 0 bridgehead atoms. The Kier molecular flexibility index (Phi) is 6.58. The number of anilines is 2. The average molecular weight is 618 g/mol. The summed E-state index contributed by atoms with van der Waals surface area (Å²) in [5.41, 5.74) is 1.11. The second-order valence-corrected chi connectivity index (χ2v) is 13.3. The molecule has 0 radical (unpaired) electrons. The first-order valence-corrected chi connectivity index (χ1v) is 15.7. The van der Waals surface area contributed by atoms with Crippen LogP contribution >= 0.6 is 46.0 Å². The van der Waals surface area contributed by atoms with Crippen LogP contribution in [-0.4, -0.2) is 27.5 Å². The zero-order chi connectivity index (χ0) is 28.2. The average Bonchev–Trinajstić information content (AvgIpc) is 3.67. The van der Waals surface area contributed by atoms with Crippen molar-refractivity contribution >= 4 is 85.9 Å². The summed E-state index contributed by atoms with van der Waals surface area (Å²) in [6.45, 7) is -0.210. The van der Waals surface area contributed by atoms with Gasteiger partial charge in [0.05, 0.1) is 16.6 Å². The van der Waals surface area contributed by atoms with Gasteiger partial charge in [-0.15, -0.1) is 11.3 Å². The zero-order valence-electron chi connectivity index (χ0n) is 21.2. The maximum atomic E-state index is 13.8. The molecular formula is C30H20ClN3O4S3. The van der Waals surface area contributed by atoms with E-state index in [1.54, 1.807) is 24.3 Å². The zero-order valence-corrected chi connectivity index (χ0v) is 24.4. The van der Waals surface area contributed by atoms with E-state index < -0.39 is 17.1 Å². The largest absolute Gasteiger partial charge is 0.324 e. The number of thiazole rings is 1. The lowest BCUT2D eigenvalue weighted by molar-refractivity contribution is -0.122. The highest BCUT2D eigenvalue weighted by Gasteiger charge is 2.57. The number of carbonyl (C=O) groups excluding carboxylic acids is 3. The van der Waals surface area contributed by atoms with Gasteiger partial charge in [-0.3, -0.25) is 23.7 Å². The monoisotopic (exact) mass is 617 g/mol. The number of thioether (sulfide) groups is 1. The second-order valence-electron chi connectivity index (χ2n) is 9.74. The molecule has 11 heteroatoms. The van der Waals surface area contributed by atoms with Crippen LogP contribution in [0.4, 0.5) is 11.4 Å². The Morgan fingerprint density at radius 1 is 0.902 bits per heavy atom. The summed E-state index contributed by atoms with van der Waals surface area (Å²) in [5, 5.41) is 7.09. The van der Waals surface area contributed by atoms with Gasteiger partial charge in [0.25, 0.3) is 0 Å². The summed E-state index contributed by atoms with van der Waals surface area (Å²) in [6, 6.07) is 23.8. The number of rotatable bonds is 5. The number of halogens is 1. The summed E-state index contributed by atoms with van der Waals surface area (Å²) in [5.74, 6) is -2.14. The van der Waals surface area contributed by atoms with Gasteiger partial charge in [0.1, 0.15) is 11.8 Å². The highest BCUT2D eigenvalue weighted by molar-refractivity contribution is 8.00. The predicted molar refractivity (Wildman–Crippen MR) is 164 cm³/mol. The van der Waals surface area contributed by atoms with E-state index in [4.69, 9.17) is 11.6 Å². The van der Waals surface area contributed by atoms with Crippen molar-refractivity contribution in [1.29, 1.82) is 0 Å². The number of hydrogen-bond donors (Lipinski definition) is 1. The Bertz CT molecular complexity index is 1890. The van der Waals surface area contributed by atoms with Gasteiger partial charge in [-0.2, -0.15) is 0 Å². The molecule has 2 aliphatic rings. The summed E-state index contributed by atoms with van der Waals surface area (Å²) in [7, 11) is 0. The van der Waals surface area contributed by atoms with Crippen molar-refractivity contribution in [2.75, 3.05) is 10.2 Å². The number of nitrogens with zero attached hydrogens (tertiary/aromatic N) is 2. The van der Waals surface area contributed by atoms with E-state index >= 15 is 0 Å². The van der Waals surface area contributed by atoms with E-state index in [-0.39, 0.29) is 29.1 Å². The number of aromatic nitrogens is 1. The van der Waals surface area contributed by atoms with E-state index in [1.165, 1.54) is 32.6 Å². The van der Waals surface area contributed by atoms with Crippen LogP contribution in [0, 0.1) is 5.92 Å². The molecule has 7 rings (SSSR count). The van der Waals surface area contributed by atoms with E-state index in [0.717, 1.165) is 27.0 Å². The first-order valence-electron chi connectivity index (χ1n) is 12.8. The van der Waals surface area contributed by atoms with Gasteiger partial charge in [-0.25, -0.2) is 4.90 Å². The Hall–Kier alpha value is -3.70. The van der Waals surface area contributed by atoms with E-state index in [2.05, 4.69) is 5.32 Å². The Morgan fingerprint density at radius 3 is 2.46 bits per heavy atom. The number of hydrogen-bond acceptors (Lipinski definition) is 7. The Labute approximate surface area is 251 Å². The van der Waals surface area contributed by atoms with Crippen molar-refractivity contribution in [1.82, 2.24) is 4.57 Å². The molecule has 1 fully saturated rings. The van der Waals surface area contributed by atoms with Crippen LogP contribution in [-0.2, 0) is 20.9 Å². The predicted octanol–water partition coefficient (Wildman–Crippen LogP) is 6.21. The molecule has 7 nitrogen and oxygen atoms in total. The number of thiophene rings is 1. The van der Waals surface area contributed by atoms with Crippen molar-refractivity contribution in [3.8, 4) is 0 Å². The van der Waals surface area contributed by atoms with Crippen molar-refractivity contribution < 1.29 is 14.4 Å². The minimum absolute atomic E-state index is 0.210. The highest BCUT2D eigenvalue weighted by Crippen LogP contribution is 2.54. The lowest BCUT2D eigenvalue weighted by atomic mass is 9.87. The first-order chi connectivity index (χ1) is 19.9. The lowest BCUT2D eigenvalue weighted by Gasteiger charge is -2.29. The molecule has 0 spiro atoms. The molecule has 4 heterocycles. The maximum Gasteiger partial charge on any atom is 0.308 e. The van der Waals surface area contributed by atoms with Crippen LogP contribution in [0.5, 0.6) is 0 Å². The number of nitrogens with one attached hydrogen (secondary N) is 1. The molecule has 41 heavy (non-hydrogen) atoms. The van der Waals surface area contributed by atoms with Gasteiger partial charge in [0, 0.05) is 31.8 Å². The van der Waals surface area contributed by atoms with Gasteiger partial charge in [-0.1, -0.05) is 77.2 Å². The fraction of sp³-hybridized carbons (Fsp3) is 0.133. The van der Waals surface area contributed by atoms with Crippen molar-refractivity contribution in [2.45, 2.75) is 22.7 Å². The SMILES string of the molecule is O=C(Cn1c2c(sc1=O)[C@H](c1cccs1)C1C(=O)N(c3ccc(Cl)cc3)C(=O)C1S2)Nc1cccc2ccccc12. The lowest BCUT2D eigenvalue weighted by Crippen LogP contribution is -2.32. The molecular weight excluding hydrogens is 598 g/mol. The number of benzene rings is 3. The molecule has 2 aromatic heterocycles. The minimum atomic E-state index is -0.737. The summed E-state index contributed by atoms with van der Waals surface area (Å²) in [4.78, 5) is 56.7. The van der Waals surface area contributed by atoms with Crippen molar-refractivity contribution in [3.05, 3.63) is 109 Å². The van der Waals surface area contributed by atoms with Crippen molar-refractivity contribution in [3.63, 3.8) is 0 Å². The van der Waals surface area contributed by atoms with Gasteiger partial charge in [0.2, 0.25) is 17.7 Å². The Morgan fingerprint density at radius 2 is 1.68 bits per heavy atom. The normalized spacial score (nSPS) is 19.8. The third kappa shape index (κ3) is 4.42. The molecule has 1 saturated heterocycles. The number of carbonyl (C=O) groups is 3. The van der Waals surface area contributed by atoms with Crippen LogP contribution in [0.3, 0.4) is 0 Å². The molecule has 0 saturated carbocycles. The van der Waals surface area contributed by atoms with Gasteiger partial charge in [0.15, 0.2) is 0 Å². The third-order valence-corrected chi connectivity index (χ3v) is 11.2. The molecule has 3 atom stereocenters. The summed E-state index contributed by atoms with van der Waals surface area (Å²) < 4.78 is 1.44. The standard InChI is InChI=1S/C30H20ClN3O4S3/c31-17-10-12-18(13-11-17)34-27(36)24-23(21-9-4-14-39-21)26-29(40-25(24)28(34)37)33(30(38)41-26)15-22(35)32-20-8-3-6-16-5-1-2-7-19(16)20/h1-14,23-25H,15H2,(H,32,35)/t23-,24?,25?/m1/s1. The summed E-state index contributed by atoms with van der Waals surface area (Å²) >= 11 is 9.77. The van der Waals surface area contributed by atoms with Gasteiger partial charge in [-0.05, 0) is 47.2 Å².